The molecule has 2 aliphatic heterocycles. The molecule has 0 aromatic heterocycles. The zero-order valence-corrected chi connectivity index (χ0v) is 39.6. The van der Waals surface area contributed by atoms with E-state index in [1.165, 1.54) is 41.5 Å². The van der Waals surface area contributed by atoms with Gasteiger partial charge in [0.1, 0.15) is 31.5 Å². The van der Waals surface area contributed by atoms with E-state index in [-0.39, 0.29) is 0 Å². The van der Waals surface area contributed by atoms with E-state index in [1.54, 1.807) is 69.2 Å². The van der Waals surface area contributed by atoms with Crippen molar-refractivity contribution in [3.8, 4) is 0 Å². The second-order valence-corrected chi connectivity index (χ2v) is 18.1. The van der Waals surface area contributed by atoms with E-state index >= 15 is 0 Å². The lowest BCUT2D eigenvalue weighted by molar-refractivity contribution is -0.359. The molecule has 2 saturated heterocycles. The molecule has 0 aromatic rings. The molecular weight excluding hydrogens is 832 g/mol. The highest BCUT2D eigenvalue weighted by Gasteiger charge is 2.59. The van der Waals surface area contributed by atoms with Gasteiger partial charge in [-0.15, -0.1) is 0 Å². The second-order valence-electron chi connectivity index (χ2n) is 18.1. The van der Waals surface area contributed by atoms with Crippen LogP contribution in [0.5, 0.6) is 0 Å². The predicted molar refractivity (Wildman–Crippen MR) is 218 cm³/mol. The van der Waals surface area contributed by atoms with Crippen molar-refractivity contribution < 1.29 is 90.5 Å². The minimum absolute atomic E-state index is 0.599. The highest BCUT2D eigenvalue weighted by Crippen LogP contribution is 2.37. The molecule has 19 nitrogen and oxygen atoms in total. The molecule has 0 aromatic carbocycles. The summed E-state index contributed by atoms with van der Waals surface area (Å²) < 4.78 is 65.9. The minimum Gasteiger partial charge on any atom is -0.463 e. The van der Waals surface area contributed by atoms with E-state index in [2.05, 4.69) is 0 Å². The van der Waals surface area contributed by atoms with Crippen LogP contribution >= 0.6 is 0 Å². The molecule has 0 spiro atoms. The monoisotopic (exact) mass is 902 g/mol. The first-order chi connectivity index (χ1) is 29.2. The lowest BCUT2D eigenvalue weighted by atomic mass is 9.95. The van der Waals surface area contributed by atoms with Crippen molar-refractivity contribution in [1.29, 1.82) is 0 Å². The van der Waals surface area contributed by atoms with Crippen molar-refractivity contribution in [3.05, 3.63) is 0 Å². The van der Waals surface area contributed by atoms with Crippen LogP contribution in [0.15, 0.2) is 0 Å². The van der Waals surface area contributed by atoms with Gasteiger partial charge in [-0.05, 0) is 0 Å². The first-order valence-corrected chi connectivity index (χ1v) is 21.7. The highest BCUT2D eigenvalue weighted by atomic mass is 16.8. The number of ether oxygens (including phenoxy) is 11. The van der Waals surface area contributed by atoms with E-state index in [4.69, 9.17) is 52.1 Å². The predicted octanol–water partition coefficient (Wildman–Crippen LogP) is 4.26. The Bertz CT molecular complexity index is 1580. The maximum atomic E-state index is 13.6. The Morgan fingerprint density at radius 1 is 0.317 bits per heavy atom. The van der Waals surface area contributed by atoms with Crippen LogP contribution in [0.25, 0.3) is 0 Å². The lowest BCUT2D eigenvalue weighted by Gasteiger charge is -2.49. The van der Waals surface area contributed by atoms with Crippen LogP contribution in [0.3, 0.4) is 0 Å². The van der Waals surface area contributed by atoms with Gasteiger partial charge in [0.2, 0.25) is 12.4 Å². The summed E-state index contributed by atoms with van der Waals surface area (Å²) in [6.45, 7) is 23.6. The van der Waals surface area contributed by atoms with E-state index in [0.717, 1.165) is 0 Å². The summed E-state index contributed by atoms with van der Waals surface area (Å²) in [5, 5.41) is 0. The summed E-state index contributed by atoms with van der Waals surface area (Å²) in [5.41, 5.74) is 0. The number of hydrogen-bond acceptors (Lipinski definition) is 19. The molecule has 19 heteroatoms. The van der Waals surface area contributed by atoms with Crippen LogP contribution < -0.4 is 0 Å². The van der Waals surface area contributed by atoms with Crippen molar-refractivity contribution in [1.82, 2.24) is 0 Å². The van der Waals surface area contributed by atoms with Crippen LogP contribution in [-0.2, 0) is 90.5 Å². The Hall–Kier alpha value is -4.36. The fraction of sp³-hybridized carbons (Fsp3) is 0.818. The average molecular weight is 903 g/mol. The lowest BCUT2D eigenvalue weighted by Crippen LogP contribution is -2.68. The quantitative estimate of drug-likeness (QED) is 0.123. The number of rotatable bonds is 20. The Balaban J connectivity index is 3.04. The maximum Gasteiger partial charge on any atom is 0.310 e. The van der Waals surface area contributed by atoms with Gasteiger partial charge in [-0.25, -0.2) is 0 Å². The van der Waals surface area contributed by atoms with Gasteiger partial charge in [-0.3, -0.25) is 38.4 Å². The van der Waals surface area contributed by atoms with Gasteiger partial charge in [-0.1, -0.05) is 111 Å². The summed E-state index contributed by atoms with van der Waals surface area (Å²) in [6.07, 6.45) is -16.9. The summed E-state index contributed by atoms with van der Waals surface area (Å²) in [5.74, 6) is -12.0. The Labute approximate surface area is 370 Å². The van der Waals surface area contributed by atoms with Gasteiger partial charge in [0.25, 0.3) is 0 Å². The van der Waals surface area contributed by atoms with Gasteiger partial charge in [-0.2, -0.15) is 0 Å². The molecule has 10 atom stereocenters. The normalized spacial score (nSPS) is 26.2. The number of carbonyl (C=O) groups is 8. The van der Waals surface area contributed by atoms with Crippen molar-refractivity contribution in [2.75, 3.05) is 13.2 Å². The Morgan fingerprint density at radius 3 is 0.921 bits per heavy atom. The van der Waals surface area contributed by atoms with Crippen molar-refractivity contribution in [3.63, 3.8) is 0 Å². The topological polar surface area (TPSA) is 238 Å². The molecule has 0 bridgehead atoms. The van der Waals surface area contributed by atoms with E-state index < -0.39 is 170 Å². The summed E-state index contributed by atoms with van der Waals surface area (Å²) >= 11 is 0. The zero-order valence-electron chi connectivity index (χ0n) is 39.6. The number of hydrogen-bond donors (Lipinski definition) is 0. The third kappa shape index (κ3) is 16.0. The highest BCUT2D eigenvalue weighted by molar-refractivity contribution is 5.75. The molecular formula is C44H70O19. The molecule has 0 unspecified atom stereocenters. The van der Waals surface area contributed by atoms with Gasteiger partial charge >= 0.3 is 47.8 Å². The van der Waals surface area contributed by atoms with Crippen LogP contribution in [0, 0.1) is 47.3 Å². The van der Waals surface area contributed by atoms with E-state index in [1.807, 2.05) is 0 Å². The molecule has 0 radical (unpaired) electrons. The average Bonchev–Trinajstić information content (AvgIpc) is 3.19. The Morgan fingerprint density at radius 2 is 0.571 bits per heavy atom. The van der Waals surface area contributed by atoms with Crippen molar-refractivity contribution in [2.45, 2.75) is 172 Å². The SMILES string of the molecule is CC(C)C(=O)OC[C@H]1O[C@@H](O[C@H]2[C@H](OC(=O)C(C)C)[C@@H](OC(=O)C(C)C)[C@@H](OC(=O)C(C)C)O[C@@H]2COC(=O)C(C)C)[C@H](OC(=O)C(C)C)[C@@H](OC(=O)C(C)C)[C@H]1OC(=O)C(C)C. The maximum absolute atomic E-state index is 13.6. The fourth-order valence-corrected chi connectivity index (χ4v) is 5.47. The second kappa shape index (κ2) is 24.6. The van der Waals surface area contributed by atoms with Crippen molar-refractivity contribution >= 4 is 47.8 Å². The smallest absolute Gasteiger partial charge is 0.310 e. The van der Waals surface area contributed by atoms with E-state index in [0.29, 0.717) is 0 Å². The van der Waals surface area contributed by atoms with Gasteiger partial charge in [0.15, 0.2) is 30.7 Å². The molecule has 2 rings (SSSR count). The van der Waals surface area contributed by atoms with Crippen LogP contribution in [0.1, 0.15) is 111 Å². The fourth-order valence-electron chi connectivity index (χ4n) is 5.47. The standard InChI is InChI=1S/C44H70O19/c1-19(2)35(45)53-17-27-29(57-37(47)21(5)6)31(58-38(48)22(7)8)33(60-40(50)24(11)12)43(55-27)62-30-28(18-54-36(46)20(3)4)56-44(63-42(52)26(15)16)34(61-41(51)25(13)14)32(30)59-39(49)23(9)10/h19-34,43-44H,17-18H2,1-16H3/t27-,28-,29+,30-,31+,32+,33-,34-,43+,44-/m1/s1. The van der Waals surface area contributed by atoms with Crippen LogP contribution in [0.4, 0.5) is 0 Å². The third-order valence-corrected chi connectivity index (χ3v) is 9.52. The van der Waals surface area contributed by atoms with Gasteiger partial charge < -0.3 is 52.1 Å². The molecule has 2 fully saturated rings. The molecule has 2 heterocycles. The molecule has 0 saturated carbocycles. The Kier molecular flexibility index (Phi) is 21.4. The molecule has 0 N–H and O–H groups in total. The van der Waals surface area contributed by atoms with Crippen LogP contribution in [-0.4, -0.2) is 122 Å². The zero-order chi connectivity index (χ0) is 48.2. The summed E-state index contributed by atoms with van der Waals surface area (Å²) in [6, 6.07) is 0. The van der Waals surface area contributed by atoms with Crippen molar-refractivity contribution in [2.24, 2.45) is 47.3 Å². The minimum atomic E-state index is -1.89. The summed E-state index contributed by atoms with van der Waals surface area (Å²) in [4.78, 5) is 106. The first kappa shape index (κ1) is 54.8. The molecule has 63 heavy (non-hydrogen) atoms. The number of carbonyl (C=O) groups excluding carboxylic acids is 8. The van der Waals surface area contributed by atoms with E-state index in [9.17, 15) is 38.4 Å². The third-order valence-electron chi connectivity index (χ3n) is 9.52. The molecule has 360 valence electrons. The molecule has 2 aliphatic rings. The van der Waals surface area contributed by atoms with Gasteiger partial charge in [0, 0.05) is 0 Å². The molecule has 0 aliphatic carbocycles. The van der Waals surface area contributed by atoms with Gasteiger partial charge in [0.05, 0.1) is 47.3 Å². The summed E-state index contributed by atoms with van der Waals surface area (Å²) in [7, 11) is 0. The van der Waals surface area contributed by atoms with Crippen LogP contribution in [0.2, 0.25) is 0 Å². The first-order valence-electron chi connectivity index (χ1n) is 21.7. The molecule has 0 amide bonds. The largest absolute Gasteiger partial charge is 0.463 e. The number of esters is 8.